The second-order valence-electron chi connectivity index (χ2n) is 3.61. The van der Waals surface area contributed by atoms with Gasteiger partial charge in [0.25, 0.3) is 0 Å². The Balaban J connectivity index is 2.62. The minimum atomic E-state index is -0.312. The lowest BCUT2D eigenvalue weighted by molar-refractivity contribution is -0.124. The second kappa shape index (κ2) is 5.26. The third kappa shape index (κ3) is 3.63. The molecule has 0 aromatic heterocycles. The summed E-state index contributed by atoms with van der Waals surface area (Å²) >= 11 is 3.17. The molecule has 2 nitrogen and oxygen atoms in total. The predicted octanol–water partition coefficient (Wildman–Crippen LogP) is 2.86. The normalized spacial score (nSPS) is 10.5. The quantitative estimate of drug-likeness (QED) is 0.902. The molecule has 0 saturated carbocycles. The van der Waals surface area contributed by atoms with Gasteiger partial charge in [0.15, 0.2) is 0 Å². The van der Waals surface area contributed by atoms with Crippen LogP contribution in [0.4, 0.5) is 4.39 Å². The zero-order chi connectivity index (χ0) is 11.4. The molecule has 0 atom stereocenters. The Morgan fingerprint density at radius 1 is 1.53 bits per heavy atom. The summed E-state index contributed by atoms with van der Waals surface area (Å²) in [6.45, 7) is 3.83. The molecule has 82 valence electrons. The second-order valence-corrected chi connectivity index (χ2v) is 4.52. The van der Waals surface area contributed by atoms with Gasteiger partial charge in [0.2, 0.25) is 5.91 Å². The van der Waals surface area contributed by atoms with Crippen LogP contribution in [-0.2, 0) is 11.3 Å². The average molecular weight is 274 g/mol. The number of rotatable bonds is 3. The van der Waals surface area contributed by atoms with Gasteiger partial charge in [-0.3, -0.25) is 4.79 Å². The van der Waals surface area contributed by atoms with Crippen molar-refractivity contribution in [2.24, 2.45) is 5.92 Å². The molecular weight excluding hydrogens is 261 g/mol. The Morgan fingerprint density at radius 3 is 2.73 bits per heavy atom. The van der Waals surface area contributed by atoms with Gasteiger partial charge < -0.3 is 5.32 Å². The number of benzene rings is 1. The maximum Gasteiger partial charge on any atom is 0.222 e. The third-order valence-corrected chi connectivity index (χ3v) is 2.49. The summed E-state index contributed by atoms with van der Waals surface area (Å²) in [6.07, 6.45) is 0. The van der Waals surface area contributed by atoms with Crippen LogP contribution in [0.3, 0.4) is 0 Å². The zero-order valence-corrected chi connectivity index (χ0v) is 10.3. The molecule has 1 N–H and O–H groups in total. The standard InChI is InChI=1S/C11H13BrFNO/c1-7(2)11(15)14-6-8-3-4-9(12)5-10(8)13/h3-5,7H,6H2,1-2H3,(H,14,15). The fourth-order valence-corrected chi connectivity index (χ4v) is 1.38. The average Bonchev–Trinajstić information content (AvgIpc) is 2.15. The van der Waals surface area contributed by atoms with Crippen molar-refractivity contribution in [2.75, 3.05) is 0 Å². The van der Waals surface area contributed by atoms with E-state index >= 15 is 0 Å². The van der Waals surface area contributed by atoms with Gasteiger partial charge in [-0.15, -0.1) is 0 Å². The number of carbonyl (C=O) groups is 1. The Morgan fingerprint density at radius 2 is 2.20 bits per heavy atom. The van der Waals surface area contributed by atoms with Gasteiger partial charge in [-0.05, 0) is 12.1 Å². The van der Waals surface area contributed by atoms with Crippen LogP contribution in [0.1, 0.15) is 19.4 Å². The van der Waals surface area contributed by atoms with Crippen LogP contribution < -0.4 is 5.32 Å². The summed E-state index contributed by atoms with van der Waals surface area (Å²) in [5.74, 6) is -0.464. The lowest BCUT2D eigenvalue weighted by Crippen LogP contribution is -2.27. The van der Waals surface area contributed by atoms with Crippen molar-refractivity contribution in [3.8, 4) is 0 Å². The maximum atomic E-state index is 13.3. The van der Waals surface area contributed by atoms with Gasteiger partial charge in [-0.25, -0.2) is 4.39 Å². The van der Waals surface area contributed by atoms with Crippen LogP contribution in [0.15, 0.2) is 22.7 Å². The summed E-state index contributed by atoms with van der Waals surface area (Å²) in [5, 5.41) is 2.66. The number of amides is 1. The van der Waals surface area contributed by atoms with E-state index in [-0.39, 0.29) is 24.2 Å². The molecule has 15 heavy (non-hydrogen) atoms. The van der Waals surface area contributed by atoms with Gasteiger partial charge in [-0.2, -0.15) is 0 Å². The zero-order valence-electron chi connectivity index (χ0n) is 8.68. The van der Waals surface area contributed by atoms with Gasteiger partial charge >= 0.3 is 0 Å². The summed E-state index contributed by atoms with van der Waals surface area (Å²) in [6, 6.07) is 4.79. The van der Waals surface area contributed by atoms with E-state index in [1.807, 2.05) is 0 Å². The molecule has 0 bridgehead atoms. The van der Waals surface area contributed by atoms with Crippen LogP contribution >= 0.6 is 15.9 Å². The largest absolute Gasteiger partial charge is 0.352 e. The minimum absolute atomic E-state index is 0.0719. The first-order valence-electron chi connectivity index (χ1n) is 4.72. The fraction of sp³-hybridized carbons (Fsp3) is 0.364. The third-order valence-electron chi connectivity index (χ3n) is 1.99. The summed E-state index contributed by atoms with van der Waals surface area (Å²) in [5.41, 5.74) is 0.493. The molecule has 0 fully saturated rings. The Labute approximate surface area is 97.0 Å². The molecule has 0 unspecified atom stereocenters. The molecule has 1 aromatic carbocycles. The SMILES string of the molecule is CC(C)C(=O)NCc1ccc(Br)cc1F. The molecule has 0 spiro atoms. The first-order valence-corrected chi connectivity index (χ1v) is 5.51. The smallest absolute Gasteiger partial charge is 0.222 e. The predicted molar refractivity (Wildman–Crippen MR) is 60.8 cm³/mol. The molecule has 0 aliphatic heterocycles. The van der Waals surface area contributed by atoms with E-state index in [0.717, 1.165) is 0 Å². The van der Waals surface area contributed by atoms with Crippen molar-refractivity contribution < 1.29 is 9.18 Å². The van der Waals surface area contributed by atoms with Gasteiger partial charge in [-0.1, -0.05) is 35.8 Å². The van der Waals surface area contributed by atoms with Crippen molar-refractivity contribution >= 4 is 21.8 Å². The Hall–Kier alpha value is -0.900. The van der Waals surface area contributed by atoms with E-state index in [0.29, 0.717) is 10.0 Å². The van der Waals surface area contributed by atoms with Gasteiger partial charge in [0.1, 0.15) is 5.82 Å². The van der Waals surface area contributed by atoms with Gasteiger partial charge in [0.05, 0.1) is 0 Å². The highest BCUT2D eigenvalue weighted by atomic mass is 79.9. The Kier molecular flexibility index (Phi) is 4.27. The van der Waals surface area contributed by atoms with Crippen LogP contribution in [0, 0.1) is 11.7 Å². The minimum Gasteiger partial charge on any atom is -0.352 e. The van der Waals surface area contributed by atoms with E-state index in [1.165, 1.54) is 6.07 Å². The highest BCUT2D eigenvalue weighted by Gasteiger charge is 2.08. The fourth-order valence-electron chi connectivity index (χ4n) is 1.05. The lowest BCUT2D eigenvalue weighted by Gasteiger charge is -2.08. The summed E-state index contributed by atoms with van der Waals surface area (Å²) < 4.78 is 14.0. The highest BCUT2D eigenvalue weighted by Crippen LogP contribution is 2.15. The van der Waals surface area contributed by atoms with Crippen molar-refractivity contribution in [2.45, 2.75) is 20.4 Å². The first kappa shape index (κ1) is 12.2. The summed E-state index contributed by atoms with van der Waals surface area (Å²) in [4.78, 5) is 11.3. The molecule has 4 heteroatoms. The topological polar surface area (TPSA) is 29.1 Å². The van der Waals surface area contributed by atoms with Crippen molar-refractivity contribution in [1.29, 1.82) is 0 Å². The van der Waals surface area contributed by atoms with Gasteiger partial charge in [0, 0.05) is 22.5 Å². The number of carbonyl (C=O) groups excluding carboxylic acids is 1. The Bertz CT molecular complexity index is 366. The number of halogens is 2. The molecule has 1 aromatic rings. The molecular formula is C11H13BrFNO. The summed E-state index contributed by atoms with van der Waals surface area (Å²) in [7, 11) is 0. The van der Waals surface area contributed by atoms with E-state index in [4.69, 9.17) is 0 Å². The highest BCUT2D eigenvalue weighted by molar-refractivity contribution is 9.10. The van der Waals surface area contributed by atoms with Crippen LogP contribution in [0.5, 0.6) is 0 Å². The molecule has 0 aliphatic carbocycles. The van der Waals surface area contributed by atoms with Crippen LogP contribution in [0.25, 0.3) is 0 Å². The molecule has 0 heterocycles. The van der Waals surface area contributed by atoms with Crippen molar-refractivity contribution in [3.63, 3.8) is 0 Å². The molecule has 0 aliphatic rings. The molecule has 0 radical (unpaired) electrons. The first-order chi connectivity index (χ1) is 7.00. The van der Waals surface area contributed by atoms with E-state index in [1.54, 1.807) is 26.0 Å². The molecule has 1 amide bonds. The lowest BCUT2D eigenvalue weighted by atomic mass is 10.2. The number of hydrogen-bond acceptors (Lipinski definition) is 1. The number of nitrogens with one attached hydrogen (secondary N) is 1. The van der Waals surface area contributed by atoms with Crippen LogP contribution in [-0.4, -0.2) is 5.91 Å². The van der Waals surface area contributed by atoms with E-state index in [9.17, 15) is 9.18 Å². The van der Waals surface area contributed by atoms with E-state index in [2.05, 4.69) is 21.2 Å². The monoisotopic (exact) mass is 273 g/mol. The van der Waals surface area contributed by atoms with Crippen molar-refractivity contribution in [3.05, 3.63) is 34.1 Å². The van der Waals surface area contributed by atoms with Crippen LogP contribution in [0.2, 0.25) is 0 Å². The molecule has 1 rings (SSSR count). The number of hydrogen-bond donors (Lipinski definition) is 1. The maximum absolute atomic E-state index is 13.3. The van der Waals surface area contributed by atoms with Crippen molar-refractivity contribution in [1.82, 2.24) is 5.32 Å². The van der Waals surface area contributed by atoms with E-state index < -0.39 is 0 Å². The molecule has 0 saturated heterocycles.